The van der Waals surface area contributed by atoms with Gasteiger partial charge < -0.3 is 5.11 Å². The van der Waals surface area contributed by atoms with Gasteiger partial charge in [0.15, 0.2) is 0 Å². The Hall–Kier alpha value is -1.72. The highest BCUT2D eigenvalue weighted by atomic mass is 19.3. The van der Waals surface area contributed by atoms with E-state index in [0.29, 0.717) is 24.1 Å². The predicted octanol–water partition coefficient (Wildman–Crippen LogP) is 3.36. The molecule has 0 unspecified atom stereocenters. The molecule has 0 atom stereocenters. The SMILES string of the molecule is CC1(C)CN(C(=O)O)c2cc(C(F)(F)C3CC3)ncc21. The number of fused-ring (bicyclic) bond motifs is 1. The van der Waals surface area contributed by atoms with Gasteiger partial charge in [0, 0.05) is 29.6 Å². The van der Waals surface area contributed by atoms with E-state index in [1.807, 2.05) is 13.8 Å². The third kappa shape index (κ3) is 1.85. The van der Waals surface area contributed by atoms with Crippen molar-refractivity contribution < 1.29 is 18.7 Å². The van der Waals surface area contributed by atoms with E-state index in [1.165, 1.54) is 12.3 Å². The van der Waals surface area contributed by atoms with Gasteiger partial charge in [-0.2, -0.15) is 8.78 Å². The van der Waals surface area contributed by atoms with Crippen LogP contribution in [-0.4, -0.2) is 22.7 Å². The smallest absolute Gasteiger partial charge is 0.411 e. The van der Waals surface area contributed by atoms with Gasteiger partial charge >= 0.3 is 6.09 Å². The van der Waals surface area contributed by atoms with Crippen LogP contribution < -0.4 is 4.90 Å². The van der Waals surface area contributed by atoms with E-state index in [9.17, 15) is 18.7 Å². The van der Waals surface area contributed by atoms with Crippen LogP contribution in [0.15, 0.2) is 12.3 Å². The summed E-state index contributed by atoms with van der Waals surface area (Å²) in [6.07, 6.45) is 1.28. The number of nitrogens with zero attached hydrogens (tertiary/aromatic N) is 2. The van der Waals surface area contributed by atoms with Gasteiger partial charge in [0.05, 0.1) is 5.69 Å². The lowest BCUT2D eigenvalue weighted by molar-refractivity contribution is -0.0328. The fraction of sp³-hybridized carbons (Fsp3) is 0.571. The van der Waals surface area contributed by atoms with E-state index in [1.54, 1.807) is 0 Å². The number of carboxylic acid groups (broad SMARTS) is 1. The van der Waals surface area contributed by atoms with Gasteiger partial charge in [0.25, 0.3) is 5.92 Å². The molecule has 0 aromatic carbocycles. The van der Waals surface area contributed by atoms with Crippen LogP contribution in [-0.2, 0) is 11.3 Å². The maximum atomic E-state index is 14.1. The largest absolute Gasteiger partial charge is 0.465 e. The summed E-state index contributed by atoms with van der Waals surface area (Å²) in [7, 11) is 0. The molecule has 1 N–H and O–H groups in total. The van der Waals surface area contributed by atoms with Gasteiger partial charge in [-0.25, -0.2) is 4.79 Å². The van der Waals surface area contributed by atoms with E-state index >= 15 is 0 Å². The molecule has 1 saturated carbocycles. The monoisotopic (exact) mass is 282 g/mol. The summed E-state index contributed by atoms with van der Waals surface area (Å²) in [6, 6.07) is 1.25. The van der Waals surface area contributed by atoms with Gasteiger partial charge in [0.2, 0.25) is 0 Å². The average Bonchev–Trinajstić information content (AvgIpc) is 3.16. The van der Waals surface area contributed by atoms with Crippen molar-refractivity contribution in [1.82, 2.24) is 4.98 Å². The first-order chi connectivity index (χ1) is 9.23. The fourth-order valence-electron chi connectivity index (χ4n) is 2.76. The molecular formula is C14H16F2N2O2. The maximum Gasteiger partial charge on any atom is 0.411 e. The topological polar surface area (TPSA) is 53.4 Å². The van der Waals surface area contributed by atoms with Crippen LogP contribution >= 0.6 is 0 Å². The molecular weight excluding hydrogens is 266 g/mol. The molecule has 2 aliphatic rings. The molecule has 1 aromatic rings. The number of hydrogen-bond donors (Lipinski definition) is 1. The fourth-order valence-corrected chi connectivity index (χ4v) is 2.76. The molecule has 0 spiro atoms. The lowest BCUT2D eigenvalue weighted by Gasteiger charge is -2.18. The highest BCUT2D eigenvalue weighted by Gasteiger charge is 2.50. The second-order valence-electron chi connectivity index (χ2n) is 6.24. The highest BCUT2D eigenvalue weighted by molar-refractivity contribution is 5.90. The number of carbonyl (C=O) groups is 1. The van der Waals surface area contributed by atoms with Crippen LogP contribution in [0, 0.1) is 5.92 Å². The summed E-state index contributed by atoms with van der Waals surface area (Å²) >= 11 is 0. The number of amides is 1. The third-order valence-corrected chi connectivity index (χ3v) is 4.12. The second kappa shape index (κ2) is 3.90. The summed E-state index contributed by atoms with van der Waals surface area (Å²) in [6.45, 7) is 4.03. The Kier molecular flexibility index (Phi) is 2.59. The van der Waals surface area contributed by atoms with E-state index in [4.69, 9.17) is 0 Å². The summed E-state index contributed by atoms with van der Waals surface area (Å²) in [5.41, 5.74) is 0.319. The van der Waals surface area contributed by atoms with Gasteiger partial charge in [-0.15, -0.1) is 0 Å². The maximum absolute atomic E-state index is 14.1. The molecule has 1 aromatic heterocycles. The normalized spacial score (nSPS) is 20.9. The van der Waals surface area contributed by atoms with Crippen LogP contribution in [0.25, 0.3) is 0 Å². The van der Waals surface area contributed by atoms with E-state index in [-0.39, 0.29) is 12.2 Å². The van der Waals surface area contributed by atoms with Crippen LogP contribution in [0.4, 0.5) is 19.3 Å². The Labute approximate surface area is 115 Å². The molecule has 1 aliphatic heterocycles. The van der Waals surface area contributed by atoms with Crippen molar-refractivity contribution in [2.75, 3.05) is 11.4 Å². The molecule has 1 amide bonds. The zero-order chi connectivity index (χ0) is 14.7. The van der Waals surface area contributed by atoms with Crippen molar-refractivity contribution in [3.8, 4) is 0 Å². The molecule has 4 nitrogen and oxygen atoms in total. The van der Waals surface area contributed by atoms with Crippen molar-refractivity contribution in [3.63, 3.8) is 0 Å². The first-order valence-electron chi connectivity index (χ1n) is 6.63. The molecule has 0 bridgehead atoms. The highest BCUT2D eigenvalue weighted by Crippen LogP contribution is 2.50. The van der Waals surface area contributed by atoms with Crippen molar-refractivity contribution in [3.05, 3.63) is 23.5 Å². The molecule has 2 heterocycles. The number of rotatable bonds is 2. The summed E-state index contributed by atoms with van der Waals surface area (Å²) < 4.78 is 28.2. The van der Waals surface area contributed by atoms with Crippen molar-refractivity contribution in [2.45, 2.75) is 38.0 Å². The number of alkyl halides is 2. The Morgan fingerprint density at radius 1 is 1.50 bits per heavy atom. The van der Waals surface area contributed by atoms with Gasteiger partial charge in [0.1, 0.15) is 5.69 Å². The number of hydrogen-bond acceptors (Lipinski definition) is 2. The van der Waals surface area contributed by atoms with E-state index < -0.39 is 23.3 Å². The van der Waals surface area contributed by atoms with Crippen molar-refractivity contribution >= 4 is 11.8 Å². The molecule has 3 rings (SSSR count). The predicted molar refractivity (Wildman–Crippen MR) is 69.3 cm³/mol. The number of pyridine rings is 1. The Morgan fingerprint density at radius 3 is 2.70 bits per heavy atom. The second-order valence-corrected chi connectivity index (χ2v) is 6.24. The van der Waals surface area contributed by atoms with Gasteiger partial charge in [-0.1, -0.05) is 13.8 Å². The molecule has 20 heavy (non-hydrogen) atoms. The average molecular weight is 282 g/mol. The van der Waals surface area contributed by atoms with Crippen molar-refractivity contribution in [2.24, 2.45) is 5.92 Å². The summed E-state index contributed by atoms with van der Waals surface area (Å²) in [5.74, 6) is -3.62. The standard InChI is InChI=1S/C14H16F2N2O2/c1-13(2)7-18(12(19)20)10-5-11(17-6-9(10)13)14(15,16)8-3-4-8/h5-6,8H,3-4,7H2,1-2H3,(H,19,20). The minimum atomic E-state index is -2.97. The van der Waals surface area contributed by atoms with Crippen LogP contribution in [0.5, 0.6) is 0 Å². The lowest BCUT2D eigenvalue weighted by atomic mass is 9.88. The number of halogens is 2. The minimum absolute atomic E-state index is 0.262. The minimum Gasteiger partial charge on any atom is -0.465 e. The summed E-state index contributed by atoms with van der Waals surface area (Å²) in [5, 5.41) is 9.23. The Morgan fingerprint density at radius 2 is 2.15 bits per heavy atom. The van der Waals surface area contributed by atoms with E-state index in [2.05, 4.69) is 4.98 Å². The molecule has 1 aliphatic carbocycles. The number of anilines is 1. The van der Waals surface area contributed by atoms with Crippen LogP contribution in [0.1, 0.15) is 37.9 Å². The third-order valence-electron chi connectivity index (χ3n) is 4.12. The van der Waals surface area contributed by atoms with Crippen LogP contribution in [0.3, 0.4) is 0 Å². The first-order valence-corrected chi connectivity index (χ1v) is 6.63. The zero-order valence-corrected chi connectivity index (χ0v) is 11.4. The molecule has 0 saturated heterocycles. The number of aromatic nitrogens is 1. The Balaban J connectivity index is 2.07. The van der Waals surface area contributed by atoms with E-state index in [0.717, 1.165) is 4.90 Å². The molecule has 1 fully saturated rings. The lowest BCUT2D eigenvalue weighted by Crippen LogP contribution is -2.32. The summed E-state index contributed by atoms with van der Waals surface area (Å²) in [4.78, 5) is 16.3. The zero-order valence-electron chi connectivity index (χ0n) is 11.4. The Bertz CT molecular complexity index is 583. The van der Waals surface area contributed by atoms with Crippen molar-refractivity contribution in [1.29, 1.82) is 0 Å². The van der Waals surface area contributed by atoms with Crippen LogP contribution in [0.2, 0.25) is 0 Å². The molecule has 0 radical (unpaired) electrons. The quantitative estimate of drug-likeness (QED) is 0.905. The van der Waals surface area contributed by atoms with Gasteiger partial charge in [-0.3, -0.25) is 9.88 Å². The molecule has 108 valence electrons. The van der Waals surface area contributed by atoms with Gasteiger partial charge in [-0.05, 0) is 18.9 Å². The molecule has 6 heteroatoms. The first kappa shape index (κ1) is 13.3.